The SMILES string of the molecule is CC1(C)OB(C(=Cc2cncc(C#N)c2)CO)OC1(C)C. The van der Waals surface area contributed by atoms with Gasteiger partial charge in [-0.2, -0.15) is 5.26 Å². The van der Waals surface area contributed by atoms with Crippen LogP contribution >= 0.6 is 0 Å². The zero-order valence-corrected chi connectivity index (χ0v) is 12.8. The fourth-order valence-corrected chi connectivity index (χ4v) is 1.99. The van der Waals surface area contributed by atoms with E-state index in [4.69, 9.17) is 14.6 Å². The molecule has 2 heterocycles. The van der Waals surface area contributed by atoms with Gasteiger partial charge in [0, 0.05) is 12.4 Å². The summed E-state index contributed by atoms with van der Waals surface area (Å²) in [5.41, 5.74) is 0.880. The lowest BCUT2D eigenvalue weighted by Crippen LogP contribution is -2.41. The number of pyridine rings is 1. The number of nitrogens with zero attached hydrogens (tertiary/aromatic N) is 2. The summed E-state index contributed by atoms with van der Waals surface area (Å²) in [5.74, 6) is 0. The molecular weight excluding hydrogens is 267 g/mol. The Kier molecular flexibility index (Phi) is 4.19. The third kappa shape index (κ3) is 3.16. The maximum Gasteiger partial charge on any atom is 0.492 e. The van der Waals surface area contributed by atoms with Crippen LogP contribution in [0.4, 0.5) is 0 Å². The van der Waals surface area contributed by atoms with Crippen LogP contribution in [0.5, 0.6) is 0 Å². The summed E-state index contributed by atoms with van der Waals surface area (Å²) >= 11 is 0. The van der Waals surface area contributed by atoms with Gasteiger partial charge in [0.2, 0.25) is 0 Å². The molecule has 0 radical (unpaired) electrons. The van der Waals surface area contributed by atoms with Crippen molar-refractivity contribution in [2.45, 2.75) is 38.9 Å². The highest BCUT2D eigenvalue weighted by atomic mass is 16.7. The van der Waals surface area contributed by atoms with Crippen molar-refractivity contribution < 1.29 is 14.4 Å². The molecule has 0 bridgehead atoms. The second-order valence-corrected chi connectivity index (χ2v) is 6.08. The quantitative estimate of drug-likeness (QED) is 0.860. The Bertz CT molecular complexity index is 589. The van der Waals surface area contributed by atoms with Gasteiger partial charge in [-0.3, -0.25) is 4.98 Å². The molecule has 21 heavy (non-hydrogen) atoms. The van der Waals surface area contributed by atoms with Crippen LogP contribution in [0, 0.1) is 11.3 Å². The van der Waals surface area contributed by atoms with Crippen LogP contribution < -0.4 is 0 Å². The number of aliphatic hydroxyl groups excluding tert-OH is 1. The van der Waals surface area contributed by atoms with E-state index in [0.29, 0.717) is 11.0 Å². The zero-order valence-electron chi connectivity index (χ0n) is 12.8. The Balaban J connectivity index is 2.29. The molecule has 0 aromatic carbocycles. The molecule has 5 nitrogen and oxygen atoms in total. The first-order valence-corrected chi connectivity index (χ1v) is 6.81. The van der Waals surface area contributed by atoms with Gasteiger partial charge in [0.25, 0.3) is 0 Å². The first-order chi connectivity index (χ1) is 9.79. The van der Waals surface area contributed by atoms with E-state index in [0.717, 1.165) is 5.56 Å². The molecule has 6 heteroatoms. The van der Waals surface area contributed by atoms with E-state index >= 15 is 0 Å². The maximum absolute atomic E-state index is 9.60. The minimum absolute atomic E-state index is 0.187. The van der Waals surface area contributed by atoms with E-state index in [9.17, 15) is 5.11 Å². The van der Waals surface area contributed by atoms with Crippen LogP contribution in [0.25, 0.3) is 6.08 Å². The molecular formula is C15H19BN2O3. The Labute approximate surface area is 125 Å². The maximum atomic E-state index is 9.60. The molecule has 1 fully saturated rings. The molecule has 0 amide bonds. The minimum Gasteiger partial charge on any atom is -0.400 e. The number of nitriles is 1. The minimum atomic E-state index is -0.606. The molecule has 1 aliphatic heterocycles. The molecule has 1 aromatic rings. The van der Waals surface area contributed by atoms with E-state index in [2.05, 4.69) is 4.98 Å². The molecule has 2 rings (SSSR count). The Hall–Kier alpha value is -1.68. The van der Waals surface area contributed by atoms with Gasteiger partial charge in [-0.05, 0) is 44.8 Å². The number of hydrogen-bond donors (Lipinski definition) is 1. The zero-order chi connectivity index (χ0) is 15.7. The van der Waals surface area contributed by atoms with Crippen LogP contribution in [0.1, 0.15) is 38.8 Å². The van der Waals surface area contributed by atoms with Crippen molar-refractivity contribution in [3.8, 4) is 6.07 Å². The van der Waals surface area contributed by atoms with Crippen molar-refractivity contribution >= 4 is 13.2 Å². The number of hydrogen-bond acceptors (Lipinski definition) is 5. The van der Waals surface area contributed by atoms with Gasteiger partial charge in [0.15, 0.2) is 0 Å². The largest absolute Gasteiger partial charge is 0.492 e. The number of aromatic nitrogens is 1. The first-order valence-electron chi connectivity index (χ1n) is 6.81. The van der Waals surface area contributed by atoms with Crippen molar-refractivity contribution in [2.75, 3.05) is 6.61 Å². The molecule has 1 aliphatic rings. The molecule has 1 saturated heterocycles. The summed E-state index contributed by atoms with van der Waals surface area (Å²) in [6.45, 7) is 7.65. The van der Waals surface area contributed by atoms with Gasteiger partial charge in [0.1, 0.15) is 6.07 Å². The summed E-state index contributed by atoms with van der Waals surface area (Å²) in [6, 6.07) is 3.74. The molecule has 0 atom stereocenters. The molecule has 1 N–H and O–H groups in total. The highest BCUT2D eigenvalue weighted by Gasteiger charge is 2.52. The van der Waals surface area contributed by atoms with Crippen molar-refractivity contribution in [3.63, 3.8) is 0 Å². The van der Waals surface area contributed by atoms with Gasteiger partial charge in [-0.15, -0.1) is 0 Å². The van der Waals surface area contributed by atoms with Crippen LogP contribution in [0.2, 0.25) is 0 Å². The van der Waals surface area contributed by atoms with Crippen molar-refractivity contribution in [1.82, 2.24) is 4.98 Å². The van der Waals surface area contributed by atoms with Crippen molar-refractivity contribution in [3.05, 3.63) is 35.1 Å². The van der Waals surface area contributed by atoms with E-state index in [1.165, 1.54) is 6.20 Å². The number of rotatable bonds is 3. The summed E-state index contributed by atoms with van der Waals surface area (Å²) in [5, 5.41) is 18.5. The summed E-state index contributed by atoms with van der Waals surface area (Å²) in [6.07, 6.45) is 4.86. The monoisotopic (exact) mass is 286 g/mol. The summed E-state index contributed by atoms with van der Waals surface area (Å²) < 4.78 is 11.8. The second kappa shape index (κ2) is 5.61. The van der Waals surface area contributed by atoms with Crippen LogP contribution in [-0.4, -0.2) is 35.0 Å². The van der Waals surface area contributed by atoms with Crippen LogP contribution in [-0.2, 0) is 9.31 Å². The topological polar surface area (TPSA) is 75.4 Å². The summed E-state index contributed by atoms with van der Waals surface area (Å²) in [7, 11) is -0.606. The van der Waals surface area contributed by atoms with E-state index in [1.54, 1.807) is 18.3 Å². The lowest BCUT2D eigenvalue weighted by atomic mass is 9.77. The molecule has 1 aromatic heterocycles. The van der Waals surface area contributed by atoms with Crippen molar-refractivity contribution in [1.29, 1.82) is 5.26 Å². The fourth-order valence-electron chi connectivity index (χ4n) is 1.99. The summed E-state index contributed by atoms with van der Waals surface area (Å²) in [4.78, 5) is 4.00. The van der Waals surface area contributed by atoms with E-state index in [-0.39, 0.29) is 6.61 Å². The number of aliphatic hydroxyl groups is 1. The van der Waals surface area contributed by atoms with Gasteiger partial charge < -0.3 is 14.4 Å². The Morgan fingerprint density at radius 3 is 2.48 bits per heavy atom. The van der Waals surface area contributed by atoms with Crippen molar-refractivity contribution in [2.24, 2.45) is 0 Å². The Morgan fingerprint density at radius 2 is 1.95 bits per heavy atom. The predicted molar refractivity (Wildman–Crippen MR) is 80.1 cm³/mol. The van der Waals surface area contributed by atoms with Gasteiger partial charge >= 0.3 is 7.12 Å². The third-order valence-electron chi connectivity index (χ3n) is 3.98. The smallest absolute Gasteiger partial charge is 0.400 e. The van der Waals surface area contributed by atoms with E-state index < -0.39 is 18.3 Å². The normalized spacial score (nSPS) is 20.4. The molecule has 0 unspecified atom stereocenters. The lowest BCUT2D eigenvalue weighted by Gasteiger charge is -2.32. The molecule has 0 saturated carbocycles. The lowest BCUT2D eigenvalue weighted by molar-refractivity contribution is 0.00578. The highest BCUT2D eigenvalue weighted by Crippen LogP contribution is 2.38. The van der Waals surface area contributed by atoms with Gasteiger partial charge in [0.05, 0.1) is 23.4 Å². The van der Waals surface area contributed by atoms with Gasteiger partial charge in [-0.1, -0.05) is 6.08 Å². The average Bonchev–Trinajstić information content (AvgIpc) is 2.65. The fraction of sp³-hybridized carbons (Fsp3) is 0.467. The van der Waals surface area contributed by atoms with Crippen LogP contribution in [0.15, 0.2) is 23.9 Å². The third-order valence-corrected chi connectivity index (χ3v) is 3.98. The highest BCUT2D eigenvalue weighted by molar-refractivity contribution is 6.55. The first kappa shape index (κ1) is 15.7. The van der Waals surface area contributed by atoms with Gasteiger partial charge in [-0.25, -0.2) is 0 Å². The standard InChI is InChI=1S/C15H19BN2O3/c1-14(2)15(3,4)21-16(20-14)13(10-19)6-11-5-12(7-17)9-18-8-11/h5-6,8-9,19H,10H2,1-4H3. The molecule has 0 spiro atoms. The Morgan fingerprint density at radius 1 is 1.33 bits per heavy atom. The predicted octanol–water partition coefficient (Wildman–Crippen LogP) is 1.96. The van der Waals surface area contributed by atoms with E-state index in [1.807, 2.05) is 33.8 Å². The van der Waals surface area contributed by atoms with Crippen LogP contribution in [0.3, 0.4) is 0 Å². The second-order valence-electron chi connectivity index (χ2n) is 6.08. The molecule has 110 valence electrons. The average molecular weight is 286 g/mol. The molecule has 0 aliphatic carbocycles.